The number of hydrogen-bond donors (Lipinski definition) is 0. The molecule has 3 rings (SSSR count). The van der Waals surface area contributed by atoms with Gasteiger partial charge in [-0.1, -0.05) is 60.6 Å². The molecule has 1 saturated heterocycles. The minimum absolute atomic E-state index is 0.0339. The second-order valence-corrected chi connectivity index (χ2v) is 9.64. The molecule has 27 heavy (non-hydrogen) atoms. The van der Waals surface area contributed by atoms with Crippen molar-refractivity contribution in [3.05, 3.63) is 28.2 Å². The number of anilines is 1. The molecule has 1 heterocycles. The van der Waals surface area contributed by atoms with Crippen LogP contribution in [0.1, 0.15) is 52.4 Å². The number of thioether (sulfide) groups is 1. The Bertz CT molecular complexity index is 699. The van der Waals surface area contributed by atoms with Crippen LogP contribution in [0.5, 0.6) is 0 Å². The van der Waals surface area contributed by atoms with E-state index in [-0.39, 0.29) is 17.3 Å². The molecule has 0 aromatic heterocycles. The summed E-state index contributed by atoms with van der Waals surface area (Å²) < 4.78 is 0. The molecule has 2 aliphatic rings. The zero-order valence-corrected chi connectivity index (χ0v) is 18.4. The number of amidine groups is 1. The van der Waals surface area contributed by atoms with Crippen LogP contribution in [0.4, 0.5) is 5.69 Å². The van der Waals surface area contributed by atoms with Gasteiger partial charge in [0.05, 0.1) is 6.04 Å². The smallest absolute Gasteiger partial charge is 0.225 e. The second-order valence-electron chi connectivity index (χ2n) is 7.42. The molecule has 1 aliphatic carbocycles. The van der Waals surface area contributed by atoms with Gasteiger partial charge in [0.15, 0.2) is 5.17 Å². The van der Waals surface area contributed by atoms with E-state index in [4.69, 9.17) is 28.2 Å². The van der Waals surface area contributed by atoms with Crippen LogP contribution < -0.4 is 4.90 Å². The summed E-state index contributed by atoms with van der Waals surface area (Å²) in [6.07, 6.45) is 7.36. The Morgan fingerprint density at radius 3 is 2.30 bits per heavy atom. The highest BCUT2D eigenvalue weighted by atomic mass is 35.5. The molecule has 2 unspecified atom stereocenters. The number of aliphatic imine (C=N–C) groups is 1. The Balaban J connectivity index is 1.88. The topological polar surface area (TPSA) is 35.9 Å². The first-order valence-electron chi connectivity index (χ1n) is 9.60. The number of carbonyl (C=O) groups excluding carboxylic acids is 1. The number of amides is 1. The average molecular weight is 428 g/mol. The SMILES string of the molecule is CC(=O)N(c1cc(Cl)cc(Cl)c1)C1C(C)SC(=NC2CCCCCC2)N1C. The Kier molecular flexibility index (Phi) is 6.98. The first kappa shape index (κ1) is 20.8. The molecular weight excluding hydrogens is 401 g/mol. The van der Waals surface area contributed by atoms with E-state index in [1.165, 1.54) is 25.7 Å². The lowest BCUT2D eigenvalue weighted by Gasteiger charge is -2.35. The van der Waals surface area contributed by atoms with E-state index in [0.717, 1.165) is 23.7 Å². The first-order valence-corrected chi connectivity index (χ1v) is 11.2. The molecule has 4 nitrogen and oxygen atoms in total. The Morgan fingerprint density at radius 1 is 1.15 bits per heavy atom. The largest absolute Gasteiger partial charge is 0.333 e. The van der Waals surface area contributed by atoms with Gasteiger partial charge in [-0.25, -0.2) is 0 Å². The van der Waals surface area contributed by atoms with Crippen molar-refractivity contribution in [1.82, 2.24) is 4.90 Å². The average Bonchev–Trinajstić information content (AvgIpc) is 2.78. The molecule has 0 bridgehead atoms. The third-order valence-corrected chi connectivity index (χ3v) is 6.91. The molecule has 148 valence electrons. The van der Waals surface area contributed by atoms with Crippen LogP contribution in [-0.2, 0) is 4.79 Å². The summed E-state index contributed by atoms with van der Waals surface area (Å²) in [5.74, 6) is -0.0339. The summed E-state index contributed by atoms with van der Waals surface area (Å²) in [5.41, 5.74) is 0.722. The van der Waals surface area contributed by atoms with Crippen molar-refractivity contribution in [3.63, 3.8) is 0 Å². The zero-order chi connectivity index (χ0) is 19.6. The van der Waals surface area contributed by atoms with Crippen LogP contribution in [0.2, 0.25) is 10.0 Å². The van der Waals surface area contributed by atoms with Gasteiger partial charge in [0, 0.05) is 35.0 Å². The summed E-state index contributed by atoms with van der Waals surface area (Å²) in [7, 11) is 2.03. The number of benzene rings is 1. The molecule has 0 N–H and O–H groups in total. The normalized spacial score (nSPS) is 25.7. The molecular formula is C20H27Cl2N3OS. The van der Waals surface area contributed by atoms with E-state index in [1.807, 2.05) is 7.05 Å². The molecule has 1 amide bonds. The molecule has 1 saturated carbocycles. The first-order chi connectivity index (χ1) is 12.9. The maximum atomic E-state index is 12.6. The molecule has 1 aliphatic heterocycles. The van der Waals surface area contributed by atoms with E-state index in [9.17, 15) is 4.79 Å². The van der Waals surface area contributed by atoms with Crippen LogP contribution in [-0.4, -0.2) is 40.5 Å². The minimum Gasteiger partial charge on any atom is -0.333 e. The van der Waals surface area contributed by atoms with E-state index in [2.05, 4.69) is 11.8 Å². The molecule has 1 aromatic rings. The summed E-state index contributed by atoms with van der Waals surface area (Å²) in [5, 5.41) is 2.27. The predicted octanol–water partition coefficient (Wildman–Crippen LogP) is 5.82. The highest BCUT2D eigenvalue weighted by Crippen LogP contribution is 2.37. The fraction of sp³-hybridized carbons (Fsp3) is 0.600. The van der Waals surface area contributed by atoms with Gasteiger partial charge >= 0.3 is 0 Å². The van der Waals surface area contributed by atoms with Crippen molar-refractivity contribution in [2.45, 2.75) is 69.8 Å². The minimum atomic E-state index is -0.119. The van der Waals surface area contributed by atoms with Gasteiger partial charge in [0.1, 0.15) is 6.17 Å². The standard InChI is InChI=1S/C20H27Cl2N3OS/c1-13-19(25(14(2)26)18-11-15(21)10-16(22)12-18)24(3)20(27-13)23-17-8-6-4-5-7-9-17/h10-13,17,19H,4-9H2,1-3H3. The van der Waals surface area contributed by atoms with Gasteiger partial charge in [0.25, 0.3) is 0 Å². The number of nitrogens with zero attached hydrogens (tertiary/aromatic N) is 3. The summed E-state index contributed by atoms with van der Waals surface area (Å²) in [4.78, 5) is 21.5. The third-order valence-electron chi connectivity index (χ3n) is 5.26. The number of rotatable bonds is 3. The van der Waals surface area contributed by atoms with Crippen LogP contribution in [0.3, 0.4) is 0 Å². The third kappa shape index (κ3) is 4.93. The second kappa shape index (κ2) is 9.06. The maximum Gasteiger partial charge on any atom is 0.225 e. The summed E-state index contributed by atoms with van der Waals surface area (Å²) >= 11 is 14.1. The van der Waals surface area contributed by atoms with Gasteiger partial charge in [-0.15, -0.1) is 0 Å². The number of hydrogen-bond acceptors (Lipinski definition) is 3. The van der Waals surface area contributed by atoms with Crippen molar-refractivity contribution in [1.29, 1.82) is 0 Å². The Labute approximate surface area is 176 Å². The monoisotopic (exact) mass is 427 g/mol. The molecule has 2 atom stereocenters. The van der Waals surface area contributed by atoms with Crippen molar-refractivity contribution >= 4 is 51.7 Å². The Morgan fingerprint density at radius 2 is 1.74 bits per heavy atom. The van der Waals surface area contributed by atoms with Gasteiger partial charge in [0.2, 0.25) is 5.91 Å². The van der Waals surface area contributed by atoms with Crippen molar-refractivity contribution in [2.24, 2.45) is 4.99 Å². The van der Waals surface area contributed by atoms with Crippen LogP contribution in [0.25, 0.3) is 0 Å². The van der Waals surface area contributed by atoms with E-state index in [0.29, 0.717) is 16.1 Å². The van der Waals surface area contributed by atoms with Crippen LogP contribution in [0, 0.1) is 0 Å². The molecule has 0 spiro atoms. The van der Waals surface area contributed by atoms with Gasteiger partial charge in [-0.3, -0.25) is 14.7 Å². The lowest BCUT2D eigenvalue weighted by atomic mass is 10.1. The van der Waals surface area contributed by atoms with Gasteiger partial charge in [-0.2, -0.15) is 0 Å². The lowest BCUT2D eigenvalue weighted by molar-refractivity contribution is -0.117. The lowest BCUT2D eigenvalue weighted by Crippen LogP contribution is -2.50. The van der Waals surface area contributed by atoms with E-state index >= 15 is 0 Å². The summed E-state index contributed by atoms with van der Waals surface area (Å²) in [6.45, 7) is 3.73. The Hall–Kier alpha value is -0.910. The highest BCUT2D eigenvalue weighted by Gasteiger charge is 2.40. The molecule has 0 radical (unpaired) electrons. The van der Waals surface area contributed by atoms with Crippen molar-refractivity contribution < 1.29 is 4.79 Å². The van der Waals surface area contributed by atoms with Gasteiger partial charge in [-0.05, 0) is 38.0 Å². The fourth-order valence-corrected chi connectivity index (χ4v) is 5.74. The molecule has 1 aromatic carbocycles. The highest BCUT2D eigenvalue weighted by molar-refractivity contribution is 8.14. The van der Waals surface area contributed by atoms with E-state index in [1.54, 1.807) is 41.8 Å². The van der Waals surface area contributed by atoms with Gasteiger partial charge < -0.3 is 4.90 Å². The number of carbonyl (C=O) groups is 1. The predicted molar refractivity (Wildman–Crippen MR) is 117 cm³/mol. The quantitative estimate of drug-likeness (QED) is 0.570. The van der Waals surface area contributed by atoms with Crippen LogP contribution >= 0.6 is 35.0 Å². The fourth-order valence-electron chi connectivity index (χ4n) is 3.99. The van der Waals surface area contributed by atoms with E-state index < -0.39 is 0 Å². The molecule has 2 fully saturated rings. The van der Waals surface area contributed by atoms with Crippen LogP contribution in [0.15, 0.2) is 23.2 Å². The maximum absolute atomic E-state index is 12.6. The molecule has 7 heteroatoms. The van der Waals surface area contributed by atoms with Crippen molar-refractivity contribution in [3.8, 4) is 0 Å². The zero-order valence-electron chi connectivity index (χ0n) is 16.1. The van der Waals surface area contributed by atoms with Crippen molar-refractivity contribution in [2.75, 3.05) is 11.9 Å². The number of halogens is 2. The summed E-state index contributed by atoms with van der Waals surface area (Å²) in [6, 6.07) is 5.66.